The molecule has 164 valence electrons. The number of aryl methyl sites for hydroxylation is 1. The largest absolute Gasteiger partial charge is 0.504 e. The zero-order valence-electron chi connectivity index (χ0n) is 17.9. The lowest BCUT2D eigenvalue weighted by Crippen LogP contribution is -2.27. The van der Waals surface area contributed by atoms with Crippen molar-refractivity contribution in [2.24, 2.45) is 0 Å². The van der Waals surface area contributed by atoms with Crippen LogP contribution in [0.25, 0.3) is 11.1 Å². The van der Waals surface area contributed by atoms with Crippen molar-refractivity contribution in [2.75, 3.05) is 20.5 Å². The molecule has 7 nitrogen and oxygen atoms in total. The Balaban J connectivity index is 2.36. The van der Waals surface area contributed by atoms with Gasteiger partial charge in [-0.2, -0.15) is 0 Å². The Morgan fingerprint density at radius 3 is 2.61 bits per heavy atom. The van der Waals surface area contributed by atoms with Crippen LogP contribution >= 0.6 is 0 Å². The van der Waals surface area contributed by atoms with Crippen LogP contribution in [-0.2, 0) is 22.0 Å². The zero-order valence-corrected chi connectivity index (χ0v) is 18.7. The van der Waals surface area contributed by atoms with Gasteiger partial charge < -0.3 is 19.9 Å². The lowest BCUT2D eigenvalue weighted by molar-refractivity contribution is -0.117. The van der Waals surface area contributed by atoms with Crippen molar-refractivity contribution in [1.29, 1.82) is 0 Å². The number of ether oxygens (including phenoxy) is 2. The fraction of sp³-hybridized carbons (Fsp3) is 0.304. The van der Waals surface area contributed by atoms with E-state index in [9.17, 15) is 18.9 Å². The average Bonchev–Trinajstić information content (AvgIpc) is 2.97. The van der Waals surface area contributed by atoms with E-state index in [1.807, 2.05) is 0 Å². The fourth-order valence-corrected chi connectivity index (χ4v) is 4.48. The molecule has 0 aromatic heterocycles. The van der Waals surface area contributed by atoms with Gasteiger partial charge in [-0.05, 0) is 60.7 Å². The van der Waals surface area contributed by atoms with E-state index in [0.717, 1.165) is 5.56 Å². The average molecular weight is 444 g/mol. The number of allylic oxidation sites excluding steroid dienone is 1. The summed E-state index contributed by atoms with van der Waals surface area (Å²) in [6.45, 7) is 1.74. The first-order valence-corrected chi connectivity index (χ1v) is 11.3. The lowest BCUT2D eigenvalue weighted by atomic mass is 9.95. The number of benzene rings is 1. The zero-order chi connectivity index (χ0) is 22.7. The highest BCUT2D eigenvalue weighted by atomic mass is 32.2. The van der Waals surface area contributed by atoms with Crippen LogP contribution in [0.15, 0.2) is 46.1 Å². The monoisotopic (exact) mass is 443 g/mol. The summed E-state index contributed by atoms with van der Waals surface area (Å²) in [5.74, 6) is 0.159. The van der Waals surface area contributed by atoms with Crippen molar-refractivity contribution in [1.82, 2.24) is 5.32 Å². The van der Waals surface area contributed by atoms with E-state index in [2.05, 4.69) is 5.32 Å². The third-order valence-electron chi connectivity index (χ3n) is 5.26. The maximum Gasteiger partial charge on any atom is 0.244 e. The minimum absolute atomic E-state index is 0.114. The van der Waals surface area contributed by atoms with Crippen LogP contribution in [0.3, 0.4) is 0 Å². The van der Waals surface area contributed by atoms with Gasteiger partial charge in [-0.3, -0.25) is 13.8 Å². The molecule has 1 aliphatic carbocycles. The summed E-state index contributed by atoms with van der Waals surface area (Å²) in [7, 11) is 1.42. The summed E-state index contributed by atoms with van der Waals surface area (Å²) >= 11 is 0. The maximum absolute atomic E-state index is 12.8. The van der Waals surface area contributed by atoms with E-state index in [4.69, 9.17) is 9.47 Å². The molecule has 0 saturated carbocycles. The number of amides is 1. The van der Waals surface area contributed by atoms with Gasteiger partial charge in [-0.15, -0.1) is 0 Å². The maximum atomic E-state index is 12.8. The molecule has 1 unspecified atom stereocenters. The number of phenols is 1. The van der Waals surface area contributed by atoms with E-state index < -0.39 is 22.3 Å². The number of carbonyl (C=O) groups is 1. The summed E-state index contributed by atoms with van der Waals surface area (Å²) in [5.41, 5.74) is 2.00. The number of hydrogen-bond acceptors (Lipinski definition) is 6. The first-order valence-electron chi connectivity index (χ1n) is 9.74. The Morgan fingerprint density at radius 1 is 1.26 bits per heavy atom. The summed E-state index contributed by atoms with van der Waals surface area (Å²) in [5, 5.41) is 14.0. The number of phenolic OH excluding ortho intramolecular Hbond substituents is 1. The van der Waals surface area contributed by atoms with Gasteiger partial charge in [-0.25, -0.2) is 0 Å². The van der Waals surface area contributed by atoms with Crippen LogP contribution in [0.5, 0.6) is 17.2 Å². The highest BCUT2D eigenvalue weighted by Gasteiger charge is 2.29. The van der Waals surface area contributed by atoms with E-state index >= 15 is 0 Å². The standard InChI is InChI=1S/C23H25NO6S/c1-5-6-20(26)24-16-9-7-13-11-18(29-2)23(30-3)22(27)21(13)14-8-10-19(31(4)28)17(25)12-15(14)16/h5-6,8,10-12,16,27H,7,9H2,1-4H3,(H,24,26)/t16-,31?/m0/s1. The molecule has 0 spiro atoms. The Bertz CT molecular complexity index is 1140. The second-order valence-electron chi connectivity index (χ2n) is 7.12. The van der Waals surface area contributed by atoms with Gasteiger partial charge in [0.05, 0.1) is 36.0 Å². The molecule has 3 rings (SSSR count). The molecule has 31 heavy (non-hydrogen) atoms. The van der Waals surface area contributed by atoms with Crippen molar-refractivity contribution >= 4 is 16.7 Å². The van der Waals surface area contributed by atoms with E-state index in [1.54, 1.807) is 25.1 Å². The molecule has 8 heteroatoms. The van der Waals surface area contributed by atoms with Crippen LogP contribution in [0.4, 0.5) is 0 Å². The Kier molecular flexibility index (Phi) is 6.80. The predicted octanol–water partition coefficient (Wildman–Crippen LogP) is 2.85. The molecular formula is C23H25NO6S. The van der Waals surface area contributed by atoms with Crippen LogP contribution in [0.2, 0.25) is 0 Å². The molecule has 1 amide bonds. The van der Waals surface area contributed by atoms with E-state index in [0.29, 0.717) is 35.3 Å². The first-order chi connectivity index (χ1) is 14.8. The van der Waals surface area contributed by atoms with Crippen LogP contribution in [0, 0.1) is 0 Å². The topological polar surface area (TPSA) is 102 Å². The van der Waals surface area contributed by atoms with Gasteiger partial charge in [0.25, 0.3) is 0 Å². The van der Waals surface area contributed by atoms with Gasteiger partial charge in [0.15, 0.2) is 16.9 Å². The van der Waals surface area contributed by atoms with E-state index in [1.165, 1.54) is 38.7 Å². The Labute approximate surface area is 183 Å². The summed E-state index contributed by atoms with van der Waals surface area (Å²) < 4.78 is 22.8. The summed E-state index contributed by atoms with van der Waals surface area (Å²) in [4.78, 5) is 25.2. The quantitative estimate of drug-likeness (QED) is 0.689. The minimum atomic E-state index is -1.49. The molecule has 2 aromatic carbocycles. The number of fused-ring (bicyclic) bond motifs is 3. The molecule has 0 saturated heterocycles. The molecule has 1 aliphatic rings. The molecule has 2 N–H and O–H groups in total. The molecule has 0 bridgehead atoms. The molecule has 0 radical (unpaired) electrons. The number of nitrogens with one attached hydrogen (secondary N) is 1. The van der Waals surface area contributed by atoms with Gasteiger partial charge >= 0.3 is 0 Å². The highest BCUT2D eigenvalue weighted by Crippen LogP contribution is 2.49. The van der Waals surface area contributed by atoms with Gasteiger partial charge in [0.2, 0.25) is 11.7 Å². The fourth-order valence-electron chi connectivity index (χ4n) is 3.88. The summed E-state index contributed by atoms with van der Waals surface area (Å²) in [6, 6.07) is 5.88. The normalized spacial score (nSPS) is 16.1. The Hall–Kier alpha value is -3.13. The number of rotatable bonds is 5. The third-order valence-corrected chi connectivity index (χ3v) is 6.22. The summed E-state index contributed by atoms with van der Waals surface area (Å²) in [6.07, 6.45) is 5.49. The molecule has 2 aromatic rings. The number of carbonyl (C=O) groups excluding carboxylic acids is 1. The molecular weight excluding hydrogens is 418 g/mol. The van der Waals surface area contributed by atoms with Crippen LogP contribution < -0.4 is 20.2 Å². The first kappa shape index (κ1) is 22.6. The minimum Gasteiger partial charge on any atom is -0.504 e. The molecule has 2 atom stereocenters. The van der Waals surface area contributed by atoms with Gasteiger partial charge in [-0.1, -0.05) is 12.1 Å². The number of aromatic hydroxyl groups is 1. The number of hydrogen-bond donors (Lipinski definition) is 2. The van der Waals surface area contributed by atoms with Crippen molar-refractivity contribution in [2.45, 2.75) is 30.7 Å². The van der Waals surface area contributed by atoms with Crippen LogP contribution in [-0.4, -0.2) is 35.7 Å². The predicted molar refractivity (Wildman–Crippen MR) is 119 cm³/mol. The van der Waals surface area contributed by atoms with E-state index in [-0.39, 0.29) is 22.3 Å². The Morgan fingerprint density at radius 2 is 2.00 bits per heavy atom. The van der Waals surface area contributed by atoms with Gasteiger partial charge in [0, 0.05) is 11.8 Å². The van der Waals surface area contributed by atoms with Gasteiger partial charge in [0.1, 0.15) is 0 Å². The second-order valence-corrected chi connectivity index (χ2v) is 8.47. The molecule has 0 heterocycles. The smallest absolute Gasteiger partial charge is 0.244 e. The van der Waals surface area contributed by atoms with Crippen LogP contribution in [0.1, 0.15) is 30.5 Å². The van der Waals surface area contributed by atoms with Crippen molar-refractivity contribution in [3.8, 4) is 28.4 Å². The third kappa shape index (κ3) is 4.34. The lowest BCUT2D eigenvalue weighted by Gasteiger charge is -2.18. The second kappa shape index (κ2) is 9.34. The van der Waals surface area contributed by atoms with Crippen molar-refractivity contribution < 1.29 is 23.6 Å². The van der Waals surface area contributed by atoms with Crippen molar-refractivity contribution in [3.63, 3.8) is 0 Å². The highest BCUT2D eigenvalue weighted by molar-refractivity contribution is 7.84. The SMILES string of the molecule is CC=CC(=O)N[C@H]1CCc2cc(OC)c(OC)c(O)c2-c2ccc(S(C)=O)c(=O)cc21. The molecule has 0 aliphatic heterocycles. The number of methoxy groups -OCH3 is 2. The van der Waals surface area contributed by atoms with Crippen molar-refractivity contribution in [3.05, 3.63) is 57.8 Å². The molecule has 0 fully saturated rings.